The number of pyridine rings is 1. The number of carbonyl (C=O) groups excluding carboxylic acids is 1. The van der Waals surface area contributed by atoms with Crippen molar-refractivity contribution < 1.29 is 22.7 Å². The average molecular weight is 468 g/mol. The van der Waals surface area contributed by atoms with E-state index in [2.05, 4.69) is 0 Å². The van der Waals surface area contributed by atoms with Crippen molar-refractivity contribution >= 4 is 15.8 Å². The summed E-state index contributed by atoms with van der Waals surface area (Å²) in [4.78, 5) is 26.1. The lowest BCUT2D eigenvalue weighted by Gasteiger charge is -2.23. The van der Waals surface area contributed by atoms with E-state index in [0.717, 1.165) is 36.0 Å². The number of nitrogens with zero attached hydrogens (tertiary/aromatic N) is 1. The maximum absolute atomic E-state index is 13.1. The Morgan fingerprint density at radius 3 is 2.39 bits per heavy atom. The Morgan fingerprint density at radius 2 is 1.73 bits per heavy atom. The van der Waals surface area contributed by atoms with Gasteiger partial charge in [0.25, 0.3) is 5.56 Å². The summed E-state index contributed by atoms with van der Waals surface area (Å²) in [6, 6.07) is 13.5. The number of benzene rings is 2. The van der Waals surface area contributed by atoms with Gasteiger partial charge in [0, 0.05) is 34.8 Å². The molecule has 8 heteroatoms. The van der Waals surface area contributed by atoms with Crippen LogP contribution in [0.1, 0.15) is 40.0 Å². The lowest BCUT2D eigenvalue weighted by molar-refractivity contribution is 0.0731. The molecule has 0 N–H and O–H groups in total. The molecule has 0 bridgehead atoms. The highest BCUT2D eigenvalue weighted by atomic mass is 32.2. The third-order valence-corrected chi connectivity index (χ3v) is 7.01. The normalized spacial score (nSPS) is 13.3. The number of hydrogen-bond donors (Lipinski definition) is 0. The fraction of sp³-hybridized carbons (Fsp3) is 0.280. The summed E-state index contributed by atoms with van der Waals surface area (Å²) in [5.74, 6) is -0.318. The summed E-state index contributed by atoms with van der Waals surface area (Å²) in [6.45, 7) is 1.60. The van der Waals surface area contributed by atoms with Crippen LogP contribution >= 0.6 is 0 Å². The highest BCUT2D eigenvalue weighted by Crippen LogP contribution is 2.33. The molecule has 7 nitrogen and oxygen atoms in total. The Kier molecular flexibility index (Phi) is 6.12. The summed E-state index contributed by atoms with van der Waals surface area (Å²) in [5.41, 5.74) is 2.73. The highest BCUT2D eigenvalue weighted by Gasteiger charge is 2.25. The van der Waals surface area contributed by atoms with Gasteiger partial charge in [0.2, 0.25) is 0 Å². The minimum absolute atomic E-state index is 0.00175. The Bertz CT molecular complexity index is 1390. The third-order valence-electron chi connectivity index (χ3n) is 5.89. The second kappa shape index (κ2) is 8.86. The van der Waals surface area contributed by atoms with Gasteiger partial charge in [0.1, 0.15) is 16.4 Å². The van der Waals surface area contributed by atoms with E-state index in [1.54, 1.807) is 11.5 Å². The Morgan fingerprint density at radius 1 is 1.03 bits per heavy atom. The van der Waals surface area contributed by atoms with E-state index in [1.165, 1.54) is 25.3 Å². The summed E-state index contributed by atoms with van der Waals surface area (Å²) in [5, 5.41) is 0. The smallest absolute Gasteiger partial charge is 0.343 e. The zero-order chi connectivity index (χ0) is 23.8. The van der Waals surface area contributed by atoms with E-state index in [0.29, 0.717) is 18.4 Å². The van der Waals surface area contributed by atoms with Gasteiger partial charge in [-0.1, -0.05) is 18.2 Å². The average Bonchev–Trinajstić information content (AvgIpc) is 2.78. The van der Waals surface area contributed by atoms with E-state index < -0.39 is 15.8 Å². The van der Waals surface area contributed by atoms with Crippen LogP contribution in [0, 0.1) is 6.92 Å². The van der Waals surface area contributed by atoms with Gasteiger partial charge in [-0.15, -0.1) is 0 Å². The van der Waals surface area contributed by atoms with E-state index in [9.17, 15) is 18.0 Å². The molecular weight excluding hydrogens is 442 g/mol. The molecule has 172 valence electrons. The standard InChI is InChI=1S/C25H25NO6S/c1-16-18(13-14-22(24(16)31-2)33(3,29)30)25(28)32-21-15-23(27)26(17-9-5-4-6-10-17)20-12-8-7-11-19(20)21/h4-6,9-10,13-15H,7-8,11-12H2,1-3H3. The molecule has 0 amide bonds. The van der Waals surface area contributed by atoms with Crippen molar-refractivity contribution in [2.45, 2.75) is 37.5 Å². The van der Waals surface area contributed by atoms with Crippen LogP contribution in [-0.4, -0.2) is 32.3 Å². The second-order valence-electron chi connectivity index (χ2n) is 8.08. The quantitative estimate of drug-likeness (QED) is 0.532. The molecule has 3 aromatic rings. The van der Waals surface area contributed by atoms with Crippen LogP contribution in [0.5, 0.6) is 11.5 Å². The van der Waals surface area contributed by atoms with Gasteiger partial charge in [-0.05, 0) is 56.9 Å². The number of carbonyl (C=O) groups is 1. The number of fused-ring (bicyclic) bond motifs is 1. The van der Waals surface area contributed by atoms with Crippen molar-refractivity contribution in [2.75, 3.05) is 13.4 Å². The number of methoxy groups -OCH3 is 1. The summed E-state index contributed by atoms with van der Waals surface area (Å²) in [7, 11) is -2.19. The first-order valence-corrected chi connectivity index (χ1v) is 12.5. The number of para-hydroxylation sites is 1. The van der Waals surface area contributed by atoms with Gasteiger partial charge in [-0.2, -0.15) is 0 Å². The maximum atomic E-state index is 13.1. The van der Waals surface area contributed by atoms with E-state index in [1.807, 2.05) is 30.3 Å². The fourth-order valence-electron chi connectivity index (χ4n) is 4.34. The number of aromatic nitrogens is 1. The number of esters is 1. The lowest BCUT2D eigenvalue weighted by atomic mass is 9.94. The molecule has 1 aliphatic rings. The SMILES string of the molecule is COc1c(S(C)(=O)=O)ccc(C(=O)Oc2cc(=O)n(-c3ccccc3)c3c2CCCC3)c1C. The van der Waals surface area contributed by atoms with E-state index >= 15 is 0 Å². The van der Waals surface area contributed by atoms with Crippen molar-refractivity contribution in [3.63, 3.8) is 0 Å². The minimum atomic E-state index is -3.54. The topological polar surface area (TPSA) is 91.7 Å². The molecule has 2 aromatic carbocycles. The van der Waals surface area contributed by atoms with Crippen LogP contribution in [-0.2, 0) is 22.7 Å². The van der Waals surface area contributed by atoms with Crippen molar-refractivity contribution in [2.24, 2.45) is 0 Å². The molecule has 0 radical (unpaired) electrons. The first kappa shape index (κ1) is 22.8. The zero-order valence-corrected chi connectivity index (χ0v) is 19.6. The van der Waals surface area contributed by atoms with Crippen LogP contribution in [0.25, 0.3) is 5.69 Å². The second-order valence-corrected chi connectivity index (χ2v) is 10.1. The predicted molar refractivity (Wildman–Crippen MR) is 124 cm³/mol. The number of hydrogen-bond acceptors (Lipinski definition) is 6. The third kappa shape index (κ3) is 4.30. The van der Waals surface area contributed by atoms with Crippen LogP contribution in [0.4, 0.5) is 0 Å². The minimum Gasteiger partial charge on any atom is -0.495 e. The molecule has 0 spiro atoms. The number of ether oxygens (including phenoxy) is 2. The van der Waals surface area contributed by atoms with Crippen molar-refractivity contribution in [1.82, 2.24) is 4.57 Å². The number of rotatable bonds is 5. The van der Waals surface area contributed by atoms with Crippen molar-refractivity contribution in [3.05, 3.63) is 81.3 Å². The molecule has 0 atom stereocenters. The van der Waals surface area contributed by atoms with Crippen molar-refractivity contribution in [3.8, 4) is 17.2 Å². The van der Waals surface area contributed by atoms with Gasteiger partial charge >= 0.3 is 5.97 Å². The highest BCUT2D eigenvalue weighted by molar-refractivity contribution is 7.90. The fourth-order valence-corrected chi connectivity index (χ4v) is 5.23. The van der Waals surface area contributed by atoms with E-state index in [-0.39, 0.29) is 27.5 Å². The molecule has 0 saturated carbocycles. The lowest BCUT2D eigenvalue weighted by Crippen LogP contribution is -2.26. The molecular formula is C25H25NO6S. The largest absolute Gasteiger partial charge is 0.495 e. The van der Waals surface area contributed by atoms with Gasteiger partial charge in [0.05, 0.1) is 12.7 Å². The van der Waals surface area contributed by atoms with Gasteiger partial charge in [-0.25, -0.2) is 13.2 Å². The van der Waals surface area contributed by atoms with E-state index in [4.69, 9.17) is 9.47 Å². The molecule has 0 aliphatic heterocycles. The predicted octanol–water partition coefficient (Wildman–Crippen LogP) is 3.66. The van der Waals surface area contributed by atoms with Gasteiger partial charge in [0.15, 0.2) is 9.84 Å². The number of sulfone groups is 1. The summed E-state index contributed by atoms with van der Waals surface area (Å²) >= 11 is 0. The monoisotopic (exact) mass is 467 g/mol. The molecule has 4 rings (SSSR count). The molecule has 0 unspecified atom stereocenters. The first-order chi connectivity index (χ1) is 15.7. The van der Waals surface area contributed by atoms with Gasteiger partial charge < -0.3 is 9.47 Å². The van der Waals surface area contributed by atoms with Crippen LogP contribution in [0.3, 0.4) is 0 Å². The molecule has 1 heterocycles. The molecule has 1 aromatic heterocycles. The first-order valence-electron chi connectivity index (χ1n) is 10.7. The van der Waals surface area contributed by atoms with Crippen LogP contribution < -0.4 is 15.0 Å². The van der Waals surface area contributed by atoms with Crippen molar-refractivity contribution in [1.29, 1.82) is 0 Å². The Balaban J connectivity index is 1.77. The summed E-state index contributed by atoms with van der Waals surface area (Å²) < 4.78 is 36.8. The maximum Gasteiger partial charge on any atom is 0.343 e. The molecule has 0 fully saturated rings. The van der Waals surface area contributed by atoms with Crippen LogP contribution in [0.2, 0.25) is 0 Å². The summed E-state index contributed by atoms with van der Waals surface area (Å²) in [6.07, 6.45) is 4.36. The van der Waals surface area contributed by atoms with Gasteiger partial charge in [-0.3, -0.25) is 9.36 Å². The zero-order valence-electron chi connectivity index (χ0n) is 18.8. The molecule has 0 saturated heterocycles. The Labute approximate surface area is 192 Å². The molecule has 33 heavy (non-hydrogen) atoms. The Hall–Kier alpha value is -3.39. The van der Waals surface area contributed by atoms with Crippen LogP contribution in [0.15, 0.2) is 58.2 Å². The molecule has 1 aliphatic carbocycles.